The molecule has 0 aliphatic carbocycles. The Bertz CT molecular complexity index is 98.7. The molecule has 0 saturated heterocycles. The molecule has 0 unspecified atom stereocenters. The molecular formula is C6H12NS+. The second-order valence-corrected chi connectivity index (χ2v) is 2.96. The van der Waals surface area contributed by atoms with Gasteiger partial charge in [0.1, 0.15) is 6.54 Å². The zero-order chi connectivity index (χ0) is 5.82. The van der Waals surface area contributed by atoms with Crippen molar-refractivity contribution in [2.45, 2.75) is 13.3 Å². The van der Waals surface area contributed by atoms with Crippen molar-refractivity contribution in [1.29, 1.82) is 0 Å². The minimum atomic E-state index is 1.24. The molecule has 0 bridgehead atoms. The van der Waals surface area contributed by atoms with E-state index in [-0.39, 0.29) is 0 Å². The van der Waals surface area contributed by atoms with Gasteiger partial charge in [-0.1, -0.05) is 18.7 Å². The molecule has 0 aromatic heterocycles. The fourth-order valence-corrected chi connectivity index (χ4v) is 1.70. The first-order valence-electron chi connectivity index (χ1n) is 3.12. The molecule has 8 heavy (non-hydrogen) atoms. The molecule has 0 atom stereocenters. The summed E-state index contributed by atoms with van der Waals surface area (Å²) < 4.78 is 2.38. The largest absolute Gasteiger partial charge is 0.230 e. The summed E-state index contributed by atoms with van der Waals surface area (Å²) in [7, 11) is 0. The number of rotatable bonds is 2. The minimum Gasteiger partial charge on any atom is -0.230 e. The third-order valence-electron chi connectivity index (χ3n) is 1.23. The number of hydrogen-bond donors (Lipinski definition) is 0. The van der Waals surface area contributed by atoms with Crippen molar-refractivity contribution in [3.63, 3.8) is 0 Å². The van der Waals surface area contributed by atoms with Crippen molar-refractivity contribution >= 4 is 17.3 Å². The van der Waals surface area contributed by atoms with Gasteiger partial charge in [-0.3, -0.25) is 0 Å². The zero-order valence-corrected chi connectivity index (χ0v) is 6.08. The predicted molar refractivity (Wildman–Crippen MR) is 38.8 cm³/mol. The maximum Gasteiger partial charge on any atom is 0.198 e. The van der Waals surface area contributed by atoms with E-state index in [0.29, 0.717) is 0 Å². The maximum absolute atomic E-state index is 2.38. The van der Waals surface area contributed by atoms with Crippen LogP contribution in [-0.2, 0) is 0 Å². The second kappa shape index (κ2) is 3.13. The lowest BCUT2D eigenvalue weighted by Crippen LogP contribution is -2.10. The second-order valence-electron chi connectivity index (χ2n) is 2.01. The van der Waals surface area contributed by atoms with E-state index in [0.717, 1.165) is 0 Å². The van der Waals surface area contributed by atoms with Crippen LogP contribution in [0.15, 0.2) is 0 Å². The molecule has 2 heteroatoms. The molecule has 0 aromatic rings. The van der Waals surface area contributed by atoms with E-state index in [2.05, 4.69) is 17.0 Å². The van der Waals surface area contributed by atoms with Gasteiger partial charge in [0.2, 0.25) is 0 Å². The Hall–Kier alpha value is 0.0200. The van der Waals surface area contributed by atoms with Gasteiger partial charge in [-0.05, 0) is 0 Å². The average Bonchev–Trinajstić information content (AvgIpc) is 2.19. The van der Waals surface area contributed by atoms with Crippen molar-refractivity contribution in [2.24, 2.45) is 0 Å². The predicted octanol–water partition coefficient (Wildman–Crippen LogP) is 1.18. The first-order chi connectivity index (χ1) is 3.93. The molecule has 1 aliphatic rings. The summed E-state index contributed by atoms with van der Waals surface area (Å²) >= 11 is 1.92. The third kappa shape index (κ3) is 1.51. The topological polar surface area (TPSA) is 3.01 Å². The van der Waals surface area contributed by atoms with Crippen molar-refractivity contribution < 1.29 is 4.58 Å². The smallest absolute Gasteiger partial charge is 0.198 e. The van der Waals surface area contributed by atoms with Crippen LogP contribution in [-0.4, -0.2) is 29.0 Å². The maximum atomic E-state index is 2.38. The first-order valence-corrected chi connectivity index (χ1v) is 4.17. The summed E-state index contributed by atoms with van der Waals surface area (Å²) in [6.07, 6.45) is 1.27. The van der Waals surface area contributed by atoms with Crippen LogP contribution in [0.5, 0.6) is 0 Å². The molecule has 1 rings (SSSR count). The van der Waals surface area contributed by atoms with Crippen molar-refractivity contribution in [3.8, 4) is 0 Å². The van der Waals surface area contributed by atoms with Gasteiger partial charge in [0, 0.05) is 6.42 Å². The highest BCUT2D eigenvalue weighted by atomic mass is 32.2. The highest BCUT2D eigenvalue weighted by Gasteiger charge is 2.08. The van der Waals surface area contributed by atoms with E-state index >= 15 is 0 Å². The Kier molecular flexibility index (Phi) is 2.40. The standard InChI is InChI=1S/C6H12NS/c1-2-3-7-4-5-8-6-7/h6H,2-5H2,1H3/q+1. The summed E-state index contributed by atoms with van der Waals surface area (Å²) in [5, 5.41) is 0. The molecule has 0 saturated carbocycles. The van der Waals surface area contributed by atoms with Gasteiger partial charge in [-0.15, -0.1) is 0 Å². The van der Waals surface area contributed by atoms with Crippen LogP contribution in [0.1, 0.15) is 13.3 Å². The molecule has 0 N–H and O–H groups in total. The van der Waals surface area contributed by atoms with Crippen molar-refractivity contribution in [3.05, 3.63) is 0 Å². The fraction of sp³-hybridized carbons (Fsp3) is 0.833. The fourth-order valence-electron chi connectivity index (χ4n) is 0.832. The Balaban J connectivity index is 2.23. The minimum absolute atomic E-state index is 1.24. The monoisotopic (exact) mass is 130 g/mol. The van der Waals surface area contributed by atoms with Gasteiger partial charge < -0.3 is 0 Å². The van der Waals surface area contributed by atoms with Crippen molar-refractivity contribution in [1.82, 2.24) is 0 Å². The summed E-state index contributed by atoms with van der Waals surface area (Å²) in [6.45, 7) is 4.72. The van der Waals surface area contributed by atoms with E-state index in [9.17, 15) is 0 Å². The van der Waals surface area contributed by atoms with E-state index in [1.165, 1.54) is 25.3 Å². The molecule has 0 fully saturated rings. The molecule has 0 radical (unpaired) electrons. The summed E-state index contributed by atoms with van der Waals surface area (Å²) in [5.41, 5.74) is 2.24. The van der Waals surface area contributed by atoms with Gasteiger partial charge in [-0.25, -0.2) is 4.58 Å². The SMILES string of the molecule is CCC[N+]1=CSCC1. The van der Waals surface area contributed by atoms with Crippen LogP contribution in [0.2, 0.25) is 0 Å². The summed E-state index contributed by atoms with van der Waals surface area (Å²) in [5.74, 6) is 1.29. The number of thioether (sulfide) groups is 1. The van der Waals surface area contributed by atoms with Gasteiger partial charge in [0.25, 0.3) is 0 Å². The van der Waals surface area contributed by atoms with E-state index in [1.54, 1.807) is 0 Å². The lowest BCUT2D eigenvalue weighted by atomic mass is 10.5. The molecule has 1 heterocycles. The van der Waals surface area contributed by atoms with Gasteiger partial charge in [-0.2, -0.15) is 0 Å². The Labute approximate surface area is 54.8 Å². The molecule has 1 nitrogen and oxygen atoms in total. The van der Waals surface area contributed by atoms with Gasteiger partial charge >= 0.3 is 0 Å². The zero-order valence-electron chi connectivity index (χ0n) is 5.26. The lowest BCUT2D eigenvalue weighted by molar-refractivity contribution is -0.513. The normalized spacial score (nSPS) is 18.9. The van der Waals surface area contributed by atoms with E-state index in [1.807, 2.05) is 11.8 Å². The molecule has 0 amide bonds. The van der Waals surface area contributed by atoms with Crippen LogP contribution in [0, 0.1) is 0 Å². The average molecular weight is 130 g/mol. The Morgan fingerprint density at radius 2 is 2.62 bits per heavy atom. The highest BCUT2D eigenvalue weighted by molar-refractivity contribution is 8.12. The highest BCUT2D eigenvalue weighted by Crippen LogP contribution is 2.02. The van der Waals surface area contributed by atoms with Crippen LogP contribution in [0.25, 0.3) is 0 Å². The third-order valence-corrected chi connectivity index (χ3v) is 2.10. The number of nitrogens with zero attached hydrogens (tertiary/aromatic N) is 1. The first kappa shape index (κ1) is 6.14. The summed E-state index contributed by atoms with van der Waals surface area (Å²) in [4.78, 5) is 0. The quantitative estimate of drug-likeness (QED) is 0.507. The van der Waals surface area contributed by atoms with E-state index < -0.39 is 0 Å². The van der Waals surface area contributed by atoms with Crippen LogP contribution in [0.3, 0.4) is 0 Å². The van der Waals surface area contributed by atoms with Crippen molar-refractivity contribution in [2.75, 3.05) is 18.8 Å². The van der Waals surface area contributed by atoms with E-state index in [4.69, 9.17) is 0 Å². The van der Waals surface area contributed by atoms with Gasteiger partial charge in [0.05, 0.1) is 5.75 Å². The Morgan fingerprint density at radius 3 is 3.12 bits per heavy atom. The molecular weight excluding hydrogens is 118 g/mol. The molecule has 0 aromatic carbocycles. The molecule has 46 valence electrons. The number of hydrogen-bond acceptors (Lipinski definition) is 1. The Morgan fingerprint density at radius 1 is 1.75 bits per heavy atom. The molecule has 1 aliphatic heterocycles. The van der Waals surface area contributed by atoms with Crippen LogP contribution < -0.4 is 0 Å². The lowest BCUT2D eigenvalue weighted by Gasteiger charge is -1.89. The van der Waals surface area contributed by atoms with Crippen LogP contribution in [0.4, 0.5) is 0 Å². The summed E-state index contributed by atoms with van der Waals surface area (Å²) in [6, 6.07) is 0. The van der Waals surface area contributed by atoms with Gasteiger partial charge in [0.15, 0.2) is 12.1 Å². The molecule has 0 spiro atoms. The van der Waals surface area contributed by atoms with Crippen LogP contribution >= 0.6 is 11.8 Å².